The summed E-state index contributed by atoms with van der Waals surface area (Å²) in [6.45, 7) is 1.69. The van der Waals surface area contributed by atoms with E-state index in [9.17, 15) is 0 Å². The molecule has 0 heterocycles. The molecule has 0 saturated carbocycles. The number of nitrogens with one attached hydrogen (secondary N) is 2. The Bertz CT molecular complexity index is 99.5. The average molecular weight is 132 g/mol. The third-order valence-electron chi connectivity index (χ3n) is 0.353. The van der Waals surface area contributed by atoms with Crippen molar-refractivity contribution in [1.29, 1.82) is 0 Å². The zero-order valence-electron chi connectivity index (χ0n) is 4.80. The van der Waals surface area contributed by atoms with Gasteiger partial charge >= 0.3 is 0 Å². The van der Waals surface area contributed by atoms with Gasteiger partial charge in [0.05, 0.1) is 0 Å². The lowest BCUT2D eigenvalue weighted by molar-refractivity contribution is 0.604. The molecule has 4 nitrogen and oxygen atoms in total. The lowest BCUT2D eigenvalue weighted by Crippen LogP contribution is -2.20. The molecule has 0 aromatic rings. The van der Waals surface area contributed by atoms with Crippen LogP contribution in [0.1, 0.15) is 6.92 Å². The molecule has 0 saturated heterocycles. The summed E-state index contributed by atoms with van der Waals surface area (Å²) in [6.07, 6.45) is 0. The molecule has 0 radical (unpaired) electrons. The lowest BCUT2D eigenvalue weighted by atomic mass is 10.8. The highest BCUT2D eigenvalue weighted by Gasteiger charge is 1.73. The second-order valence-electron chi connectivity index (χ2n) is 1.08. The largest absolute Gasteiger partial charge is 0.224 e. The SMILES string of the molecule is CNNN=NC(C)=S. The van der Waals surface area contributed by atoms with Gasteiger partial charge in [-0.05, 0) is 6.92 Å². The normalized spacial score (nSPS) is 9.75. The maximum absolute atomic E-state index is 4.58. The van der Waals surface area contributed by atoms with E-state index in [1.165, 1.54) is 0 Å². The van der Waals surface area contributed by atoms with Gasteiger partial charge in [0.15, 0.2) is 0 Å². The van der Waals surface area contributed by atoms with Crippen molar-refractivity contribution in [1.82, 2.24) is 11.0 Å². The molecule has 0 fully saturated rings. The Hall–Kier alpha value is -0.550. The molecule has 0 aromatic carbocycles. The second kappa shape index (κ2) is 4.61. The summed E-state index contributed by atoms with van der Waals surface area (Å²) in [5.41, 5.74) is 4.95. The summed E-state index contributed by atoms with van der Waals surface area (Å²) in [6, 6.07) is 0. The summed E-state index contributed by atoms with van der Waals surface area (Å²) in [4.78, 5) is 0.507. The van der Waals surface area contributed by atoms with Crippen LogP contribution in [0, 0.1) is 0 Å². The van der Waals surface area contributed by atoms with Gasteiger partial charge in [-0.15, -0.1) is 5.11 Å². The Balaban J connectivity index is 3.20. The van der Waals surface area contributed by atoms with Crippen LogP contribution >= 0.6 is 12.2 Å². The van der Waals surface area contributed by atoms with Crippen LogP contribution in [0.25, 0.3) is 0 Å². The van der Waals surface area contributed by atoms with Gasteiger partial charge in [-0.25, -0.2) is 11.0 Å². The molecule has 2 N–H and O–H groups in total. The maximum Gasteiger partial charge on any atom is 0.124 e. The molecule has 0 spiro atoms. The highest BCUT2D eigenvalue weighted by Crippen LogP contribution is 1.74. The highest BCUT2D eigenvalue weighted by molar-refractivity contribution is 7.80. The van der Waals surface area contributed by atoms with Crippen molar-refractivity contribution in [2.75, 3.05) is 7.05 Å². The average Bonchev–Trinajstić information content (AvgIpc) is 1.66. The third-order valence-corrected chi connectivity index (χ3v) is 0.434. The minimum atomic E-state index is 0.507. The molecule has 0 unspecified atom stereocenters. The molecule has 0 aliphatic rings. The number of thiocarbonyl (C=S) groups is 1. The van der Waals surface area contributed by atoms with Crippen molar-refractivity contribution >= 4 is 17.2 Å². The van der Waals surface area contributed by atoms with Crippen molar-refractivity contribution in [3.05, 3.63) is 0 Å². The van der Waals surface area contributed by atoms with E-state index in [0.29, 0.717) is 4.99 Å². The maximum atomic E-state index is 4.58. The molecule has 0 aliphatic carbocycles. The predicted molar refractivity (Wildman–Crippen MR) is 35.3 cm³/mol. The van der Waals surface area contributed by atoms with Crippen molar-refractivity contribution in [2.24, 2.45) is 10.3 Å². The van der Waals surface area contributed by atoms with E-state index >= 15 is 0 Å². The fourth-order valence-electron chi connectivity index (χ4n) is 0.145. The summed E-state index contributed by atoms with van der Waals surface area (Å²) in [5, 5.41) is 6.91. The van der Waals surface area contributed by atoms with Crippen LogP contribution in [0.2, 0.25) is 0 Å². The number of nitrogens with zero attached hydrogens (tertiary/aromatic N) is 2. The molecule has 0 aromatic heterocycles. The van der Waals surface area contributed by atoms with E-state index in [2.05, 4.69) is 33.5 Å². The van der Waals surface area contributed by atoms with Gasteiger partial charge in [0.25, 0.3) is 0 Å². The van der Waals surface area contributed by atoms with Crippen LogP contribution in [-0.4, -0.2) is 12.0 Å². The Morgan fingerprint density at radius 2 is 2.25 bits per heavy atom. The smallest absolute Gasteiger partial charge is 0.124 e. The van der Waals surface area contributed by atoms with E-state index in [1.807, 2.05) is 0 Å². The fourth-order valence-corrected chi connectivity index (χ4v) is 0.186. The molecule has 46 valence electrons. The Morgan fingerprint density at radius 1 is 1.62 bits per heavy atom. The first-order chi connectivity index (χ1) is 3.77. The van der Waals surface area contributed by atoms with Crippen molar-refractivity contribution in [3.8, 4) is 0 Å². The topological polar surface area (TPSA) is 48.8 Å². The van der Waals surface area contributed by atoms with Crippen LogP contribution in [0.3, 0.4) is 0 Å². The summed E-state index contributed by atoms with van der Waals surface area (Å²) in [7, 11) is 1.69. The zero-order chi connectivity index (χ0) is 6.41. The van der Waals surface area contributed by atoms with Gasteiger partial charge in [-0.1, -0.05) is 17.4 Å². The number of hydrogen-bond donors (Lipinski definition) is 2. The minimum absolute atomic E-state index is 0.507. The molecular weight excluding hydrogens is 124 g/mol. The molecule has 0 aliphatic heterocycles. The van der Waals surface area contributed by atoms with Crippen LogP contribution in [-0.2, 0) is 0 Å². The first kappa shape index (κ1) is 7.45. The molecule has 8 heavy (non-hydrogen) atoms. The first-order valence-electron chi connectivity index (χ1n) is 2.10. The molecule has 0 atom stereocenters. The number of hydrogen-bond acceptors (Lipinski definition) is 3. The number of rotatable bonds is 2. The summed E-state index contributed by atoms with van der Waals surface area (Å²) >= 11 is 4.58. The van der Waals surface area contributed by atoms with Gasteiger partial charge < -0.3 is 0 Å². The van der Waals surface area contributed by atoms with Gasteiger partial charge in [0.1, 0.15) is 4.99 Å². The van der Waals surface area contributed by atoms with E-state index in [4.69, 9.17) is 0 Å². The van der Waals surface area contributed by atoms with E-state index in [0.717, 1.165) is 0 Å². The minimum Gasteiger partial charge on any atom is -0.224 e. The molecule has 0 amide bonds. The molecule has 0 bridgehead atoms. The van der Waals surface area contributed by atoms with E-state index in [1.54, 1.807) is 14.0 Å². The van der Waals surface area contributed by atoms with Crippen LogP contribution in [0.5, 0.6) is 0 Å². The Labute approximate surface area is 53.3 Å². The number of hydrazine groups is 1. The lowest BCUT2D eigenvalue weighted by Gasteiger charge is -1.88. The van der Waals surface area contributed by atoms with Gasteiger partial charge in [-0.3, -0.25) is 0 Å². The van der Waals surface area contributed by atoms with Crippen LogP contribution in [0.15, 0.2) is 10.3 Å². The summed E-state index contributed by atoms with van der Waals surface area (Å²) in [5.74, 6) is 0. The zero-order valence-corrected chi connectivity index (χ0v) is 5.62. The first-order valence-corrected chi connectivity index (χ1v) is 2.51. The van der Waals surface area contributed by atoms with Gasteiger partial charge in [-0.2, -0.15) is 0 Å². The van der Waals surface area contributed by atoms with Crippen molar-refractivity contribution < 1.29 is 0 Å². The standard InChI is InChI=1S/C3H8N4S/c1-3(8)5-7-6-4-2/h1-2H3,(H,4,7)(H,5,6,8). The van der Waals surface area contributed by atoms with E-state index in [-0.39, 0.29) is 0 Å². The van der Waals surface area contributed by atoms with Crippen molar-refractivity contribution in [2.45, 2.75) is 6.92 Å². The summed E-state index contributed by atoms with van der Waals surface area (Å²) < 4.78 is 0. The molecule has 5 heteroatoms. The molecule has 0 rings (SSSR count). The Morgan fingerprint density at radius 3 is 2.62 bits per heavy atom. The second-order valence-corrected chi connectivity index (χ2v) is 1.67. The highest BCUT2D eigenvalue weighted by atomic mass is 32.1. The van der Waals surface area contributed by atoms with Gasteiger partial charge in [0.2, 0.25) is 0 Å². The fraction of sp³-hybridized carbons (Fsp3) is 0.667. The van der Waals surface area contributed by atoms with Crippen molar-refractivity contribution in [3.63, 3.8) is 0 Å². The van der Waals surface area contributed by atoms with E-state index < -0.39 is 0 Å². The third kappa shape index (κ3) is 5.45. The quantitative estimate of drug-likeness (QED) is 0.325. The van der Waals surface area contributed by atoms with Gasteiger partial charge in [0, 0.05) is 7.05 Å². The van der Waals surface area contributed by atoms with Crippen LogP contribution in [0.4, 0.5) is 0 Å². The molecular formula is C3H8N4S. The predicted octanol–water partition coefficient (Wildman–Crippen LogP) is 0.425. The Kier molecular flexibility index (Phi) is 4.29. The van der Waals surface area contributed by atoms with Crippen LogP contribution < -0.4 is 11.0 Å². The monoisotopic (exact) mass is 132 g/mol.